The van der Waals surface area contributed by atoms with Gasteiger partial charge in [0.1, 0.15) is 11.3 Å². The average molecular weight is 599 g/mol. The van der Waals surface area contributed by atoms with Crippen molar-refractivity contribution in [3.63, 3.8) is 0 Å². The van der Waals surface area contributed by atoms with Gasteiger partial charge in [-0.05, 0) is 70.6 Å². The van der Waals surface area contributed by atoms with Gasteiger partial charge in [0.15, 0.2) is 11.5 Å². The Bertz CT molecular complexity index is 1370. The Balaban J connectivity index is 1.59. The molecule has 1 aromatic carbocycles. The lowest BCUT2D eigenvalue weighted by Gasteiger charge is -2.25. The number of phenols is 2. The number of carbonyl (C=O) groups is 3. The van der Waals surface area contributed by atoms with E-state index in [9.17, 15) is 24.6 Å². The van der Waals surface area contributed by atoms with Crippen LogP contribution in [0.5, 0.6) is 11.5 Å². The molecule has 2 heterocycles. The third-order valence-corrected chi connectivity index (χ3v) is 6.55. The van der Waals surface area contributed by atoms with Crippen molar-refractivity contribution in [2.24, 2.45) is 0 Å². The second-order valence-corrected chi connectivity index (χ2v) is 11.6. The zero-order valence-electron chi connectivity index (χ0n) is 24.4. The van der Waals surface area contributed by atoms with Gasteiger partial charge in [-0.15, -0.1) is 11.3 Å². The third-order valence-electron chi connectivity index (χ3n) is 5.81. The number of aromatic hydroxyl groups is 2. The number of benzene rings is 1. The first kappa shape index (κ1) is 32.2. The molecule has 0 atom stereocenters. The quantitative estimate of drug-likeness (QED) is 0.203. The van der Waals surface area contributed by atoms with Gasteiger partial charge >= 0.3 is 12.1 Å². The van der Waals surface area contributed by atoms with Crippen LogP contribution in [0.2, 0.25) is 0 Å². The van der Waals surface area contributed by atoms with Crippen LogP contribution in [0.1, 0.15) is 42.4 Å². The van der Waals surface area contributed by atoms with Gasteiger partial charge in [-0.2, -0.15) is 0 Å². The summed E-state index contributed by atoms with van der Waals surface area (Å²) in [4.78, 5) is 45.9. The molecule has 0 radical (unpaired) electrons. The summed E-state index contributed by atoms with van der Waals surface area (Å²) >= 11 is 1.31. The molecule has 13 heteroatoms. The molecule has 0 spiro atoms. The standard InChI is InChI=1S/C29H38N6O6S/c1-29(2,3)41-28(40)33-23-18-42-17-22(23)32-26(38)21-8-6-20(15-31-21)16-35(13-12-34(4)5)27(39)30-11-10-19-7-9-24(36)25(37)14-19/h6-9,14-15,17-18,36-37H,10-13,16H2,1-5H3,(H,30,39)(H,32,38)(H,33,40). The molecule has 3 rings (SSSR count). The van der Waals surface area contributed by atoms with Gasteiger partial charge in [-0.25, -0.2) is 9.59 Å². The lowest BCUT2D eigenvalue weighted by Crippen LogP contribution is -2.43. The molecule has 5 N–H and O–H groups in total. The van der Waals surface area contributed by atoms with Crippen molar-refractivity contribution < 1.29 is 29.3 Å². The summed E-state index contributed by atoms with van der Waals surface area (Å²) in [5.74, 6) is -0.847. The Labute approximate surface area is 249 Å². The summed E-state index contributed by atoms with van der Waals surface area (Å²) < 4.78 is 5.27. The van der Waals surface area contributed by atoms with E-state index in [2.05, 4.69) is 20.9 Å². The number of hydrogen-bond donors (Lipinski definition) is 5. The Kier molecular flexibility index (Phi) is 11.1. The maximum absolute atomic E-state index is 13.0. The molecule has 0 saturated heterocycles. The van der Waals surface area contributed by atoms with Gasteiger partial charge < -0.3 is 35.4 Å². The molecule has 0 aliphatic rings. The number of urea groups is 1. The fourth-order valence-corrected chi connectivity index (χ4v) is 4.40. The van der Waals surface area contributed by atoms with E-state index in [1.165, 1.54) is 23.5 Å². The second-order valence-electron chi connectivity index (χ2n) is 10.9. The van der Waals surface area contributed by atoms with Crippen molar-refractivity contribution in [1.82, 2.24) is 20.1 Å². The molecule has 12 nitrogen and oxygen atoms in total. The van der Waals surface area contributed by atoms with E-state index in [-0.39, 0.29) is 29.8 Å². The highest BCUT2D eigenvalue weighted by Gasteiger charge is 2.19. The predicted molar refractivity (Wildman–Crippen MR) is 162 cm³/mol. The first-order valence-corrected chi connectivity index (χ1v) is 14.3. The van der Waals surface area contributed by atoms with Gasteiger partial charge in [0.05, 0.1) is 11.4 Å². The van der Waals surface area contributed by atoms with E-state index in [1.54, 1.807) is 60.8 Å². The minimum absolute atomic E-state index is 0.176. The number of nitrogens with zero attached hydrogens (tertiary/aromatic N) is 3. The van der Waals surface area contributed by atoms with Crippen molar-refractivity contribution in [3.05, 3.63) is 64.1 Å². The van der Waals surface area contributed by atoms with Crippen LogP contribution in [0, 0.1) is 0 Å². The first-order chi connectivity index (χ1) is 19.8. The fraction of sp³-hybridized carbons (Fsp3) is 0.379. The van der Waals surface area contributed by atoms with E-state index in [0.29, 0.717) is 37.4 Å². The van der Waals surface area contributed by atoms with E-state index >= 15 is 0 Å². The minimum atomic E-state index is -0.656. The second kappa shape index (κ2) is 14.5. The monoisotopic (exact) mass is 598 g/mol. The Morgan fingerprint density at radius 3 is 2.26 bits per heavy atom. The van der Waals surface area contributed by atoms with Crippen LogP contribution in [0.4, 0.5) is 21.0 Å². The Morgan fingerprint density at radius 2 is 1.64 bits per heavy atom. The molecule has 0 bridgehead atoms. The normalized spacial score (nSPS) is 11.2. The highest BCUT2D eigenvalue weighted by molar-refractivity contribution is 7.09. The lowest BCUT2D eigenvalue weighted by atomic mass is 10.1. The van der Waals surface area contributed by atoms with E-state index < -0.39 is 17.6 Å². The number of phenolic OH excluding ortho intramolecular Hbond substituents is 2. The fourth-order valence-electron chi connectivity index (χ4n) is 3.69. The topological polar surface area (TPSA) is 156 Å². The summed E-state index contributed by atoms with van der Waals surface area (Å²) in [7, 11) is 3.84. The van der Waals surface area contributed by atoms with Gasteiger partial charge in [0.25, 0.3) is 5.91 Å². The number of rotatable bonds is 11. The summed E-state index contributed by atoms with van der Waals surface area (Å²) in [5, 5.41) is 30.8. The molecular formula is C29H38N6O6S. The summed E-state index contributed by atoms with van der Waals surface area (Å²) in [6.45, 7) is 7.02. The van der Waals surface area contributed by atoms with Crippen molar-refractivity contribution in [2.45, 2.75) is 39.3 Å². The van der Waals surface area contributed by atoms with Crippen LogP contribution >= 0.6 is 11.3 Å². The molecule has 226 valence electrons. The molecule has 0 aliphatic heterocycles. The maximum Gasteiger partial charge on any atom is 0.412 e. The molecule has 0 fully saturated rings. The molecule has 0 aliphatic carbocycles. The summed E-state index contributed by atoms with van der Waals surface area (Å²) in [6, 6.07) is 7.62. The highest BCUT2D eigenvalue weighted by Crippen LogP contribution is 2.28. The number of nitrogens with one attached hydrogen (secondary N) is 3. The van der Waals surface area contributed by atoms with Gasteiger partial charge in [-0.1, -0.05) is 12.1 Å². The van der Waals surface area contributed by atoms with Crippen LogP contribution in [0.15, 0.2) is 47.3 Å². The zero-order chi connectivity index (χ0) is 30.9. The van der Waals surface area contributed by atoms with E-state index in [4.69, 9.17) is 4.74 Å². The summed E-state index contributed by atoms with van der Waals surface area (Å²) in [5.41, 5.74) is 1.89. The number of pyridine rings is 1. The molecule has 42 heavy (non-hydrogen) atoms. The first-order valence-electron chi connectivity index (χ1n) is 13.3. The summed E-state index contributed by atoms with van der Waals surface area (Å²) in [6.07, 6.45) is 1.41. The van der Waals surface area contributed by atoms with Crippen LogP contribution in [-0.2, 0) is 17.7 Å². The molecule has 2 aromatic heterocycles. The van der Waals surface area contributed by atoms with Gasteiger partial charge in [0, 0.05) is 43.1 Å². The molecule has 0 saturated carbocycles. The molecule has 3 aromatic rings. The number of carbonyl (C=O) groups excluding carboxylic acids is 3. The number of aromatic nitrogens is 1. The van der Waals surface area contributed by atoms with Crippen LogP contribution in [-0.4, -0.2) is 82.4 Å². The minimum Gasteiger partial charge on any atom is -0.504 e. The number of anilines is 2. The van der Waals surface area contributed by atoms with E-state index in [0.717, 1.165) is 11.1 Å². The van der Waals surface area contributed by atoms with Crippen LogP contribution in [0.3, 0.4) is 0 Å². The largest absolute Gasteiger partial charge is 0.504 e. The Morgan fingerprint density at radius 1 is 0.952 bits per heavy atom. The third kappa shape index (κ3) is 10.2. The SMILES string of the molecule is CN(C)CCN(Cc1ccc(C(=O)Nc2cscc2NC(=O)OC(C)(C)C)nc1)C(=O)NCCc1ccc(O)c(O)c1. The lowest BCUT2D eigenvalue weighted by molar-refractivity contribution is 0.0635. The number of likely N-dealkylation sites (N-methyl/N-ethyl adjacent to an activating group) is 1. The van der Waals surface area contributed by atoms with Gasteiger partial charge in [0.2, 0.25) is 0 Å². The van der Waals surface area contributed by atoms with Crippen LogP contribution in [0.25, 0.3) is 0 Å². The number of thiophene rings is 1. The number of ether oxygens (including phenoxy) is 1. The maximum atomic E-state index is 13.0. The molecular weight excluding hydrogens is 560 g/mol. The number of hydrogen-bond acceptors (Lipinski definition) is 9. The average Bonchev–Trinajstić information content (AvgIpc) is 3.33. The van der Waals surface area contributed by atoms with E-state index in [1.807, 2.05) is 19.0 Å². The Hall–Kier alpha value is -4.36. The van der Waals surface area contributed by atoms with Crippen molar-refractivity contribution in [3.8, 4) is 11.5 Å². The highest BCUT2D eigenvalue weighted by atomic mass is 32.1. The van der Waals surface area contributed by atoms with Crippen molar-refractivity contribution in [1.29, 1.82) is 0 Å². The molecule has 0 unspecified atom stereocenters. The van der Waals surface area contributed by atoms with Crippen molar-refractivity contribution >= 4 is 40.7 Å². The number of amides is 4. The predicted octanol–water partition coefficient (Wildman–Crippen LogP) is 4.47. The van der Waals surface area contributed by atoms with Crippen molar-refractivity contribution in [2.75, 3.05) is 44.4 Å². The zero-order valence-corrected chi connectivity index (χ0v) is 25.2. The molecule has 4 amide bonds. The van der Waals surface area contributed by atoms with Gasteiger partial charge in [-0.3, -0.25) is 15.1 Å². The smallest absolute Gasteiger partial charge is 0.412 e. The van der Waals surface area contributed by atoms with Crippen LogP contribution < -0.4 is 16.0 Å².